The van der Waals surface area contributed by atoms with Crippen LogP contribution in [-0.2, 0) is 10.0 Å². The van der Waals surface area contributed by atoms with Gasteiger partial charge in [0, 0.05) is 11.5 Å². The van der Waals surface area contributed by atoms with Crippen LogP contribution in [0, 0.1) is 10.1 Å². The molecule has 2 N–H and O–H groups in total. The Bertz CT molecular complexity index is 1090. The summed E-state index contributed by atoms with van der Waals surface area (Å²) in [6.07, 6.45) is 0. The number of carbonyl (C=O) groups is 1. The van der Waals surface area contributed by atoms with Crippen molar-refractivity contribution in [2.45, 2.75) is 4.90 Å². The van der Waals surface area contributed by atoms with Crippen LogP contribution in [0.2, 0.25) is 5.02 Å². The molecule has 0 saturated heterocycles. The predicted molar refractivity (Wildman–Crippen MR) is 91.1 cm³/mol. The molecule has 0 unspecified atom stereocenters. The number of nitro groups is 1. The summed E-state index contributed by atoms with van der Waals surface area (Å²) in [6.45, 7) is 0. The minimum atomic E-state index is -4.07. The van der Waals surface area contributed by atoms with Gasteiger partial charge in [0.05, 0.1) is 14.8 Å². The molecule has 10 heteroatoms. The Balaban J connectivity index is 2.00. The lowest BCUT2D eigenvalue weighted by Crippen LogP contribution is -2.30. The average Bonchev–Trinajstić information content (AvgIpc) is 3.01. The normalized spacial score (nSPS) is 11.4. The third-order valence-electron chi connectivity index (χ3n) is 3.44. The quantitative estimate of drug-likeness (QED) is 0.533. The van der Waals surface area contributed by atoms with Crippen LogP contribution in [0.3, 0.4) is 0 Å². The number of non-ortho nitro benzene ring substituents is 1. The van der Waals surface area contributed by atoms with Crippen molar-refractivity contribution in [3.05, 3.63) is 69.4 Å². The van der Waals surface area contributed by atoms with Gasteiger partial charge >= 0.3 is 0 Å². The van der Waals surface area contributed by atoms with Crippen molar-refractivity contribution in [3.63, 3.8) is 0 Å². The molecule has 1 amide bonds. The summed E-state index contributed by atoms with van der Waals surface area (Å²) < 4.78 is 26.3. The van der Waals surface area contributed by atoms with Crippen LogP contribution >= 0.6 is 11.6 Å². The molecule has 0 spiro atoms. The number of H-pyrrole nitrogens is 1. The fourth-order valence-corrected chi connectivity index (χ4v) is 3.48. The molecule has 0 aliphatic rings. The van der Waals surface area contributed by atoms with Gasteiger partial charge in [-0.1, -0.05) is 29.8 Å². The molecule has 3 rings (SSSR count). The topological polar surface area (TPSA) is 122 Å². The van der Waals surface area contributed by atoms with E-state index >= 15 is 0 Å². The lowest BCUT2D eigenvalue weighted by Gasteiger charge is -2.05. The molecule has 0 saturated carbocycles. The number of amides is 1. The molecule has 0 bridgehead atoms. The van der Waals surface area contributed by atoms with Gasteiger partial charge < -0.3 is 4.98 Å². The SMILES string of the molecule is O=C(NS(=O)(=O)c1ccccc1)c1cc2c(Cl)ccc([N+](=O)[O-])c2[nH]1. The Kier molecular flexibility index (Phi) is 4.19. The molecule has 3 aromatic rings. The van der Waals surface area contributed by atoms with Gasteiger partial charge in [-0.15, -0.1) is 0 Å². The summed E-state index contributed by atoms with van der Waals surface area (Å²) in [6, 6.07) is 11.1. The van der Waals surface area contributed by atoms with Gasteiger partial charge in [0.15, 0.2) is 0 Å². The van der Waals surface area contributed by atoms with Crippen LogP contribution in [0.25, 0.3) is 10.9 Å². The van der Waals surface area contributed by atoms with Crippen LogP contribution in [0.1, 0.15) is 10.5 Å². The maximum absolute atomic E-state index is 12.3. The Morgan fingerprint density at radius 2 is 1.84 bits per heavy atom. The second kappa shape index (κ2) is 6.19. The van der Waals surface area contributed by atoms with E-state index in [4.69, 9.17) is 11.6 Å². The summed E-state index contributed by atoms with van der Waals surface area (Å²) in [5.74, 6) is -0.953. The van der Waals surface area contributed by atoms with Crippen LogP contribution in [0.4, 0.5) is 5.69 Å². The fourth-order valence-electron chi connectivity index (χ4n) is 2.28. The van der Waals surface area contributed by atoms with E-state index < -0.39 is 20.9 Å². The first-order valence-corrected chi connectivity index (χ1v) is 8.73. The first-order valence-electron chi connectivity index (χ1n) is 6.87. The highest BCUT2D eigenvalue weighted by Gasteiger charge is 2.23. The molecular formula is C15H10ClN3O5S. The van der Waals surface area contributed by atoms with Crippen molar-refractivity contribution in [1.29, 1.82) is 0 Å². The molecule has 0 atom stereocenters. The Labute approximate surface area is 146 Å². The number of nitro benzene ring substituents is 1. The molecular weight excluding hydrogens is 370 g/mol. The van der Waals surface area contributed by atoms with Crippen molar-refractivity contribution in [1.82, 2.24) is 9.71 Å². The maximum atomic E-state index is 12.3. The molecule has 0 aliphatic heterocycles. The van der Waals surface area contributed by atoms with E-state index in [0.717, 1.165) is 0 Å². The largest absolute Gasteiger partial charge is 0.345 e. The van der Waals surface area contributed by atoms with Crippen LogP contribution in [-0.4, -0.2) is 24.2 Å². The van der Waals surface area contributed by atoms with Crippen molar-refractivity contribution in [2.75, 3.05) is 0 Å². The Morgan fingerprint density at radius 3 is 2.48 bits per heavy atom. The van der Waals surface area contributed by atoms with Gasteiger partial charge in [-0.3, -0.25) is 14.9 Å². The van der Waals surface area contributed by atoms with E-state index in [1.165, 1.54) is 42.5 Å². The number of halogens is 1. The lowest BCUT2D eigenvalue weighted by atomic mass is 10.2. The maximum Gasteiger partial charge on any atom is 0.293 e. The first-order chi connectivity index (χ1) is 11.8. The van der Waals surface area contributed by atoms with Gasteiger partial charge in [-0.25, -0.2) is 13.1 Å². The number of sulfonamides is 1. The van der Waals surface area contributed by atoms with Crippen molar-refractivity contribution >= 4 is 44.1 Å². The number of nitrogens with one attached hydrogen (secondary N) is 2. The highest BCUT2D eigenvalue weighted by molar-refractivity contribution is 7.90. The molecule has 128 valence electrons. The number of aromatic amines is 1. The zero-order valence-corrected chi connectivity index (χ0v) is 14.0. The Morgan fingerprint density at radius 1 is 1.16 bits per heavy atom. The molecule has 1 heterocycles. The van der Waals surface area contributed by atoms with E-state index in [2.05, 4.69) is 4.98 Å². The van der Waals surface area contributed by atoms with Crippen LogP contribution in [0.5, 0.6) is 0 Å². The van der Waals surface area contributed by atoms with Crippen molar-refractivity contribution in [3.8, 4) is 0 Å². The highest BCUT2D eigenvalue weighted by Crippen LogP contribution is 2.31. The number of hydrogen-bond donors (Lipinski definition) is 2. The number of fused-ring (bicyclic) bond motifs is 1. The van der Waals surface area contributed by atoms with Crippen LogP contribution < -0.4 is 4.72 Å². The van der Waals surface area contributed by atoms with Gasteiger partial charge in [0.1, 0.15) is 11.2 Å². The van der Waals surface area contributed by atoms with Gasteiger partial charge in [-0.2, -0.15) is 0 Å². The number of rotatable bonds is 4. The number of nitrogens with zero attached hydrogens (tertiary/aromatic N) is 1. The smallest absolute Gasteiger partial charge is 0.293 e. The number of hydrogen-bond acceptors (Lipinski definition) is 5. The molecule has 0 fully saturated rings. The lowest BCUT2D eigenvalue weighted by molar-refractivity contribution is -0.383. The molecule has 0 radical (unpaired) electrons. The monoisotopic (exact) mass is 379 g/mol. The molecule has 1 aromatic heterocycles. The van der Waals surface area contributed by atoms with E-state index in [0.29, 0.717) is 0 Å². The standard InChI is InChI=1S/C15H10ClN3O5S/c16-11-6-7-13(19(21)22)14-10(11)8-12(17-14)15(20)18-25(23,24)9-4-2-1-3-5-9/h1-8,17H,(H,18,20). The van der Waals surface area contributed by atoms with E-state index in [1.807, 2.05) is 4.72 Å². The summed E-state index contributed by atoms with van der Waals surface area (Å²) in [4.78, 5) is 25.2. The fraction of sp³-hybridized carbons (Fsp3) is 0. The molecule has 0 aliphatic carbocycles. The predicted octanol–water partition coefficient (Wildman–Crippen LogP) is 2.85. The molecule has 2 aromatic carbocycles. The second-order valence-electron chi connectivity index (χ2n) is 5.04. The molecule has 25 heavy (non-hydrogen) atoms. The van der Waals surface area contributed by atoms with E-state index in [9.17, 15) is 23.3 Å². The van der Waals surface area contributed by atoms with E-state index in [-0.39, 0.29) is 32.2 Å². The zero-order chi connectivity index (χ0) is 18.2. The summed E-state index contributed by atoms with van der Waals surface area (Å²) >= 11 is 5.99. The van der Waals surface area contributed by atoms with Gasteiger partial charge in [0.25, 0.3) is 21.6 Å². The van der Waals surface area contributed by atoms with Gasteiger partial charge in [0.2, 0.25) is 0 Å². The third-order valence-corrected chi connectivity index (χ3v) is 5.12. The first kappa shape index (κ1) is 16.9. The zero-order valence-electron chi connectivity index (χ0n) is 12.4. The summed E-state index contributed by atoms with van der Waals surface area (Å²) in [7, 11) is -4.07. The summed E-state index contributed by atoms with van der Waals surface area (Å²) in [5, 5.41) is 11.5. The third kappa shape index (κ3) is 3.19. The summed E-state index contributed by atoms with van der Waals surface area (Å²) in [5.41, 5.74) is -0.394. The second-order valence-corrected chi connectivity index (χ2v) is 7.13. The number of benzene rings is 2. The Hall–Kier alpha value is -2.91. The number of aromatic nitrogens is 1. The van der Waals surface area contributed by atoms with Crippen molar-refractivity contribution < 1.29 is 18.1 Å². The number of carbonyl (C=O) groups excluding carboxylic acids is 1. The highest BCUT2D eigenvalue weighted by atomic mass is 35.5. The van der Waals surface area contributed by atoms with Crippen LogP contribution in [0.15, 0.2) is 53.4 Å². The van der Waals surface area contributed by atoms with Crippen molar-refractivity contribution in [2.24, 2.45) is 0 Å². The molecule has 8 nitrogen and oxygen atoms in total. The minimum absolute atomic E-state index is 0.0414. The van der Waals surface area contributed by atoms with Gasteiger partial charge in [-0.05, 0) is 24.3 Å². The van der Waals surface area contributed by atoms with E-state index in [1.54, 1.807) is 6.07 Å². The minimum Gasteiger partial charge on any atom is -0.345 e. The average molecular weight is 380 g/mol.